The van der Waals surface area contributed by atoms with Crippen molar-refractivity contribution in [3.63, 3.8) is 0 Å². The molecule has 1 fully saturated rings. The van der Waals surface area contributed by atoms with Crippen LogP contribution in [0.25, 0.3) is 10.9 Å². The fourth-order valence-electron chi connectivity index (χ4n) is 2.75. The largest absolute Gasteiger partial charge is 0.358 e. The van der Waals surface area contributed by atoms with E-state index in [1.807, 2.05) is 12.3 Å². The van der Waals surface area contributed by atoms with Crippen molar-refractivity contribution in [3.8, 4) is 0 Å². The summed E-state index contributed by atoms with van der Waals surface area (Å²) in [7, 11) is 0. The molecule has 1 unspecified atom stereocenters. The highest BCUT2D eigenvalue weighted by Crippen LogP contribution is 2.29. The van der Waals surface area contributed by atoms with Gasteiger partial charge in [-0.2, -0.15) is 0 Å². The van der Waals surface area contributed by atoms with E-state index >= 15 is 0 Å². The van der Waals surface area contributed by atoms with E-state index in [0.29, 0.717) is 11.6 Å². The second-order valence-corrected chi connectivity index (χ2v) is 4.87. The molecule has 0 amide bonds. The van der Waals surface area contributed by atoms with Gasteiger partial charge in [-0.25, -0.2) is 4.39 Å². The lowest BCUT2D eigenvalue weighted by Crippen LogP contribution is -2.44. The topological polar surface area (TPSA) is 31.1 Å². The molecule has 1 aliphatic heterocycles. The van der Waals surface area contributed by atoms with Crippen molar-refractivity contribution < 1.29 is 4.39 Å². The first-order chi connectivity index (χ1) is 8.77. The number of benzene rings is 1. The van der Waals surface area contributed by atoms with Gasteiger partial charge in [-0.05, 0) is 18.6 Å². The minimum atomic E-state index is -0.175. The van der Waals surface area contributed by atoms with Crippen LogP contribution in [0.1, 0.15) is 18.5 Å². The van der Waals surface area contributed by atoms with E-state index in [1.165, 1.54) is 11.6 Å². The fraction of sp³-hybridized carbons (Fsp3) is 0.429. The van der Waals surface area contributed by atoms with Gasteiger partial charge in [0, 0.05) is 43.8 Å². The molecule has 2 N–H and O–H groups in total. The number of aromatic nitrogens is 1. The number of halogens is 1. The standard InChI is InChI=1S/C14H18FN3/c1-10(18-7-5-16-6-8-18)12-9-17-14-11(12)3-2-4-13(14)15/h2-4,9-10,16-17H,5-8H2,1H3. The zero-order valence-corrected chi connectivity index (χ0v) is 10.5. The van der Waals surface area contributed by atoms with Gasteiger partial charge in [-0.1, -0.05) is 12.1 Å². The Morgan fingerprint density at radius 2 is 2.06 bits per heavy atom. The number of hydrogen-bond acceptors (Lipinski definition) is 2. The number of rotatable bonds is 2. The average molecular weight is 247 g/mol. The predicted molar refractivity (Wildman–Crippen MR) is 71.1 cm³/mol. The number of aromatic amines is 1. The van der Waals surface area contributed by atoms with E-state index in [4.69, 9.17) is 0 Å². The number of nitrogens with one attached hydrogen (secondary N) is 2. The molecule has 4 heteroatoms. The molecule has 2 aromatic rings. The molecule has 1 atom stereocenters. The fourth-order valence-corrected chi connectivity index (χ4v) is 2.75. The Morgan fingerprint density at radius 1 is 1.28 bits per heavy atom. The number of hydrogen-bond donors (Lipinski definition) is 2. The number of H-pyrrole nitrogens is 1. The first-order valence-electron chi connectivity index (χ1n) is 6.47. The second kappa shape index (κ2) is 4.71. The van der Waals surface area contributed by atoms with Crippen LogP contribution in [0.4, 0.5) is 4.39 Å². The van der Waals surface area contributed by atoms with Gasteiger partial charge in [0.05, 0.1) is 5.52 Å². The van der Waals surface area contributed by atoms with Crippen molar-refractivity contribution in [2.75, 3.05) is 26.2 Å². The van der Waals surface area contributed by atoms with Crippen LogP contribution >= 0.6 is 0 Å². The summed E-state index contributed by atoms with van der Waals surface area (Å²) >= 11 is 0. The molecule has 0 spiro atoms. The van der Waals surface area contributed by atoms with Crippen LogP contribution in [-0.2, 0) is 0 Å². The van der Waals surface area contributed by atoms with Gasteiger partial charge < -0.3 is 10.3 Å². The number of para-hydroxylation sites is 1. The van der Waals surface area contributed by atoms with Gasteiger partial charge in [0.2, 0.25) is 0 Å². The predicted octanol–water partition coefficient (Wildman–Crippen LogP) is 2.27. The Labute approximate surface area is 106 Å². The van der Waals surface area contributed by atoms with E-state index in [9.17, 15) is 4.39 Å². The van der Waals surface area contributed by atoms with E-state index < -0.39 is 0 Å². The van der Waals surface area contributed by atoms with E-state index in [-0.39, 0.29) is 5.82 Å². The van der Waals surface area contributed by atoms with Crippen LogP contribution in [0.3, 0.4) is 0 Å². The van der Waals surface area contributed by atoms with Crippen molar-refractivity contribution in [2.45, 2.75) is 13.0 Å². The molecule has 2 heterocycles. The molecule has 3 rings (SSSR count). The Kier molecular flexibility index (Phi) is 3.06. The summed E-state index contributed by atoms with van der Waals surface area (Å²) in [4.78, 5) is 5.49. The smallest absolute Gasteiger partial charge is 0.147 e. The van der Waals surface area contributed by atoms with Crippen LogP contribution in [0, 0.1) is 5.82 Å². The molecule has 0 aliphatic carbocycles. The quantitative estimate of drug-likeness (QED) is 0.853. The summed E-state index contributed by atoms with van der Waals surface area (Å²) in [6.07, 6.45) is 1.94. The van der Waals surface area contributed by atoms with Crippen molar-refractivity contribution >= 4 is 10.9 Å². The Hall–Kier alpha value is -1.39. The summed E-state index contributed by atoms with van der Waals surface area (Å²) in [5.74, 6) is -0.175. The van der Waals surface area contributed by atoms with Crippen LogP contribution in [-0.4, -0.2) is 36.1 Å². The highest BCUT2D eigenvalue weighted by Gasteiger charge is 2.20. The van der Waals surface area contributed by atoms with Crippen molar-refractivity contribution in [1.82, 2.24) is 15.2 Å². The number of piperazine rings is 1. The normalized spacial score (nSPS) is 19.2. The lowest BCUT2D eigenvalue weighted by Gasteiger charge is -2.32. The molecule has 1 saturated heterocycles. The molecule has 1 aliphatic rings. The third-order valence-electron chi connectivity index (χ3n) is 3.85. The van der Waals surface area contributed by atoms with E-state index in [2.05, 4.69) is 22.1 Å². The van der Waals surface area contributed by atoms with Crippen LogP contribution in [0.2, 0.25) is 0 Å². The highest BCUT2D eigenvalue weighted by molar-refractivity contribution is 5.84. The van der Waals surface area contributed by atoms with Crippen molar-refractivity contribution in [3.05, 3.63) is 35.8 Å². The van der Waals surface area contributed by atoms with Crippen molar-refractivity contribution in [1.29, 1.82) is 0 Å². The zero-order chi connectivity index (χ0) is 12.5. The van der Waals surface area contributed by atoms with Gasteiger partial charge in [0.1, 0.15) is 5.82 Å². The molecule has 0 bridgehead atoms. The monoisotopic (exact) mass is 247 g/mol. The molecule has 1 aromatic carbocycles. The molecular formula is C14H18FN3. The minimum absolute atomic E-state index is 0.175. The van der Waals surface area contributed by atoms with Gasteiger partial charge in [-0.3, -0.25) is 4.90 Å². The Bertz CT molecular complexity index is 543. The maximum atomic E-state index is 13.7. The van der Waals surface area contributed by atoms with Gasteiger partial charge in [0.25, 0.3) is 0 Å². The van der Waals surface area contributed by atoms with E-state index in [1.54, 1.807) is 6.07 Å². The van der Waals surface area contributed by atoms with Crippen molar-refractivity contribution in [2.24, 2.45) is 0 Å². The van der Waals surface area contributed by atoms with Crippen LogP contribution in [0.15, 0.2) is 24.4 Å². The third-order valence-corrected chi connectivity index (χ3v) is 3.85. The van der Waals surface area contributed by atoms with Gasteiger partial charge in [-0.15, -0.1) is 0 Å². The summed E-state index contributed by atoms with van der Waals surface area (Å²) in [6, 6.07) is 5.59. The van der Waals surface area contributed by atoms with E-state index in [0.717, 1.165) is 31.6 Å². The lowest BCUT2D eigenvalue weighted by molar-refractivity contribution is 0.186. The summed E-state index contributed by atoms with van der Waals surface area (Å²) in [5, 5.41) is 4.35. The summed E-state index contributed by atoms with van der Waals surface area (Å²) in [6.45, 7) is 6.34. The molecule has 0 saturated carbocycles. The SMILES string of the molecule is CC(c1c[nH]c2c(F)cccc12)N1CCNCC1. The average Bonchev–Trinajstić information content (AvgIpc) is 2.84. The first-order valence-corrected chi connectivity index (χ1v) is 6.47. The molecule has 3 nitrogen and oxygen atoms in total. The number of fused-ring (bicyclic) bond motifs is 1. The molecule has 18 heavy (non-hydrogen) atoms. The van der Waals surface area contributed by atoms with Crippen LogP contribution in [0.5, 0.6) is 0 Å². The molecule has 0 radical (unpaired) electrons. The number of nitrogens with zero attached hydrogens (tertiary/aromatic N) is 1. The summed E-state index contributed by atoms with van der Waals surface area (Å²) in [5.41, 5.74) is 1.81. The zero-order valence-electron chi connectivity index (χ0n) is 10.5. The Balaban J connectivity index is 1.96. The molecular weight excluding hydrogens is 229 g/mol. The van der Waals surface area contributed by atoms with Crippen LogP contribution < -0.4 is 5.32 Å². The third kappa shape index (κ3) is 1.91. The minimum Gasteiger partial charge on any atom is -0.358 e. The maximum absolute atomic E-state index is 13.7. The maximum Gasteiger partial charge on any atom is 0.147 e. The van der Waals surface area contributed by atoms with Gasteiger partial charge >= 0.3 is 0 Å². The first kappa shape index (κ1) is 11.7. The molecule has 1 aromatic heterocycles. The second-order valence-electron chi connectivity index (χ2n) is 4.87. The highest BCUT2D eigenvalue weighted by atomic mass is 19.1. The molecule has 96 valence electrons. The van der Waals surface area contributed by atoms with Gasteiger partial charge in [0.15, 0.2) is 0 Å². The lowest BCUT2D eigenvalue weighted by atomic mass is 10.1. The Morgan fingerprint density at radius 3 is 2.83 bits per heavy atom. The summed E-state index contributed by atoms with van der Waals surface area (Å²) < 4.78 is 13.7.